The molecule has 18 heavy (non-hydrogen) atoms. The Bertz CT molecular complexity index is 334. The first-order valence-electron chi connectivity index (χ1n) is 7.43. The van der Waals surface area contributed by atoms with Crippen LogP contribution in [-0.2, 0) is 12.8 Å². The summed E-state index contributed by atoms with van der Waals surface area (Å²) < 4.78 is 0. The Kier molecular flexibility index (Phi) is 6.08. The summed E-state index contributed by atoms with van der Waals surface area (Å²) in [6, 6.07) is 0.802. The van der Waals surface area contributed by atoms with Crippen LogP contribution in [0.3, 0.4) is 0 Å². The fourth-order valence-electron chi connectivity index (χ4n) is 2.04. The highest BCUT2D eigenvalue weighted by molar-refractivity contribution is 7.11. The summed E-state index contributed by atoms with van der Waals surface area (Å²) in [6.45, 7) is 3.32. The molecule has 1 heterocycles. The first kappa shape index (κ1) is 13.9. The Morgan fingerprint density at radius 1 is 1.06 bits per heavy atom. The number of nitrogens with one attached hydrogen (secondary N) is 1. The molecule has 0 saturated heterocycles. The molecule has 0 radical (unpaired) electrons. The summed E-state index contributed by atoms with van der Waals surface area (Å²) in [5.41, 5.74) is 0. The second kappa shape index (κ2) is 7.85. The number of hydrogen-bond acceptors (Lipinski definition) is 4. The van der Waals surface area contributed by atoms with Crippen molar-refractivity contribution in [2.24, 2.45) is 0 Å². The van der Waals surface area contributed by atoms with Gasteiger partial charge in [-0.15, -0.1) is 21.5 Å². The Morgan fingerprint density at radius 2 is 1.78 bits per heavy atom. The molecule has 1 aliphatic carbocycles. The van der Waals surface area contributed by atoms with E-state index in [0.29, 0.717) is 0 Å². The van der Waals surface area contributed by atoms with Crippen LogP contribution in [0, 0.1) is 0 Å². The summed E-state index contributed by atoms with van der Waals surface area (Å²) in [5, 5.41) is 14.5. The van der Waals surface area contributed by atoms with Gasteiger partial charge in [-0.05, 0) is 19.3 Å². The summed E-state index contributed by atoms with van der Waals surface area (Å²) in [5.74, 6) is 0. The van der Waals surface area contributed by atoms with Crippen molar-refractivity contribution >= 4 is 11.3 Å². The quantitative estimate of drug-likeness (QED) is 0.661. The van der Waals surface area contributed by atoms with Crippen LogP contribution in [0.4, 0.5) is 0 Å². The van der Waals surface area contributed by atoms with Gasteiger partial charge < -0.3 is 5.32 Å². The van der Waals surface area contributed by atoms with Gasteiger partial charge in [0.25, 0.3) is 0 Å². The van der Waals surface area contributed by atoms with Gasteiger partial charge in [0.2, 0.25) is 0 Å². The summed E-state index contributed by atoms with van der Waals surface area (Å²) in [4.78, 5) is 0. The van der Waals surface area contributed by atoms with E-state index in [1.54, 1.807) is 11.3 Å². The van der Waals surface area contributed by atoms with E-state index in [-0.39, 0.29) is 0 Å². The van der Waals surface area contributed by atoms with Gasteiger partial charge in [-0.3, -0.25) is 0 Å². The average molecular weight is 267 g/mol. The maximum Gasteiger partial charge on any atom is 0.118 e. The first-order valence-corrected chi connectivity index (χ1v) is 8.24. The van der Waals surface area contributed by atoms with Crippen molar-refractivity contribution in [2.75, 3.05) is 6.54 Å². The van der Waals surface area contributed by atoms with E-state index in [1.807, 2.05) is 0 Å². The Hall–Kier alpha value is -0.480. The lowest BCUT2D eigenvalue weighted by atomic mass is 10.1. The molecule has 1 aliphatic rings. The van der Waals surface area contributed by atoms with Crippen molar-refractivity contribution in [3.8, 4) is 0 Å². The van der Waals surface area contributed by atoms with Gasteiger partial charge in [0.05, 0.1) is 0 Å². The molecule has 0 bridgehead atoms. The standard InChI is InChI=1S/C14H25N3S/c1-2-3-4-5-6-7-13-16-17-14(18-13)10-11-15-12-8-9-12/h12,15H,2-11H2,1H3. The van der Waals surface area contributed by atoms with E-state index in [0.717, 1.165) is 25.4 Å². The number of nitrogens with zero attached hydrogens (tertiary/aromatic N) is 2. The van der Waals surface area contributed by atoms with Gasteiger partial charge in [-0.2, -0.15) is 0 Å². The van der Waals surface area contributed by atoms with Crippen LogP contribution in [0.25, 0.3) is 0 Å². The molecule has 4 heteroatoms. The van der Waals surface area contributed by atoms with Crippen molar-refractivity contribution < 1.29 is 0 Å². The molecule has 102 valence electrons. The molecular weight excluding hydrogens is 242 g/mol. The molecule has 0 unspecified atom stereocenters. The van der Waals surface area contributed by atoms with Crippen molar-refractivity contribution in [3.63, 3.8) is 0 Å². The van der Waals surface area contributed by atoms with Crippen molar-refractivity contribution in [1.29, 1.82) is 0 Å². The molecule has 0 aromatic carbocycles. The zero-order valence-electron chi connectivity index (χ0n) is 11.5. The minimum atomic E-state index is 0.802. The lowest BCUT2D eigenvalue weighted by molar-refractivity contribution is 0.629. The monoisotopic (exact) mass is 267 g/mol. The molecule has 3 nitrogen and oxygen atoms in total. The number of rotatable bonds is 10. The predicted molar refractivity (Wildman–Crippen MR) is 77.1 cm³/mol. The third-order valence-electron chi connectivity index (χ3n) is 3.35. The Balaban J connectivity index is 1.56. The minimum Gasteiger partial charge on any atom is -0.314 e. The van der Waals surface area contributed by atoms with Gasteiger partial charge in [0.1, 0.15) is 10.0 Å². The van der Waals surface area contributed by atoms with Crippen molar-refractivity contribution in [3.05, 3.63) is 10.0 Å². The van der Waals surface area contributed by atoms with Gasteiger partial charge in [-0.1, -0.05) is 32.6 Å². The predicted octanol–water partition coefficient (Wildman–Crippen LogP) is 3.35. The van der Waals surface area contributed by atoms with Crippen LogP contribution in [0.15, 0.2) is 0 Å². The van der Waals surface area contributed by atoms with E-state index < -0.39 is 0 Å². The van der Waals surface area contributed by atoms with E-state index in [2.05, 4.69) is 22.4 Å². The van der Waals surface area contributed by atoms with Crippen LogP contribution < -0.4 is 5.32 Å². The third kappa shape index (κ3) is 5.44. The molecule has 1 saturated carbocycles. The van der Waals surface area contributed by atoms with E-state index in [9.17, 15) is 0 Å². The van der Waals surface area contributed by atoms with Crippen LogP contribution in [0.1, 0.15) is 61.9 Å². The van der Waals surface area contributed by atoms with Crippen LogP contribution in [0.2, 0.25) is 0 Å². The Morgan fingerprint density at radius 3 is 2.50 bits per heavy atom. The summed E-state index contributed by atoms with van der Waals surface area (Å²) >= 11 is 1.81. The summed E-state index contributed by atoms with van der Waals surface area (Å²) in [7, 11) is 0. The smallest absolute Gasteiger partial charge is 0.118 e. The van der Waals surface area contributed by atoms with E-state index in [4.69, 9.17) is 0 Å². The minimum absolute atomic E-state index is 0.802. The molecule has 2 rings (SSSR count). The van der Waals surface area contributed by atoms with Crippen LogP contribution >= 0.6 is 11.3 Å². The second-order valence-corrected chi connectivity index (χ2v) is 6.38. The first-order chi connectivity index (χ1) is 8.88. The zero-order chi connectivity index (χ0) is 12.6. The normalized spacial score (nSPS) is 15.2. The van der Waals surface area contributed by atoms with Gasteiger partial charge in [0, 0.05) is 25.4 Å². The van der Waals surface area contributed by atoms with Gasteiger partial charge in [0.15, 0.2) is 0 Å². The molecule has 1 N–H and O–H groups in total. The molecule has 1 aromatic rings. The molecule has 1 fully saturated rings. The molecular formula is C14H25N3S. The topological polar surface area (TPSA) is 37.8 Å². The number of aryl methyl sites for hydroxylation is 1. The summed E-state index contributed by atoms with van der Waals surface area (Å²) in [6.07, 6.45) is 11.6. The largest absolute Gasteiger partial charge is 0.314 e. The average Bonchev–Trinajstić information content (AvgIpc) is 3.08. The molecule has 0 aliphatic heterocycles. The Labute approximate surface area is 114 Å². The fourth-order valence-corrected chi connectivity index (χ4v) is 2.93. The highest BCUT2D eigenvalue weighted by Gasteiger charge is 2.19. The highest BCUT2D eigenvalue weighted by atomic mass is 32.1. The maximum atomic E-state index is 4.29. The van der Waals surface area contributed by atoms with E-state index in [1.165, 1.54) is 55.0 Å². The number of aromatic nitrogens is 2. The SMILES string of the molecule is CCCCCCCc1nnc(CCNC2CC2)s1. The third-order valence-corrected chi connectivity index (χ3v) is 4.39. The van der Waals surface area contributed by atoms with Crippen molar-refractivity contribution in [2.45, 2.75) is 70.8 Å². The maximum absolute atomic E-state index is 4.29. The molecule has 0 spiro atoms. The highest BCUT2D eigenvalue weighted by Crippen LogP contribution is 2.19. The molecule has 0 atom stereocenters. The van der Waals surface area contributed by atoms with Crippen molar-refractivity contribution in [1.82, 2.24) is 15.5 Å². The lowest BCUT2D eigenvalue weighted by Crippen LogP contribution is -2.19. The molecule has 1 aromatic heterocycles. The zero-order valence-corrected chi connectivity index (χ0v) is 12.3. The van der Waals surface area contributed by atoms with Crippen LogP contribution in [-0.4, -0.2) is 22.8 Å². The van der Waals surface area contributed by atoms with Crippen LogP contribution in [0.5, 0.6) is 0 Å². The number of unbranched alkanes of at least 4 members (excludes halogenated alkanes) is 4. The second-order valence-electron chi connectivity index (χ2n) is 5.23. The fraction of sp³-hybridized carbons (Fsp3) is 0.857. The van der Waals surface area contributed by atoms with Gasteiger partial charge in [-0.25, -0.2) is 0 Å². The van der Waals surface area contributed by atoms with E-state index >= 15 is 0 Å². The number of hydrogen-bond donors (Lipinski definition) is 1. The lowest BCUT2D eigenvalue weighted by Gasteiger charge is -1.98. The molecule has 0 amide bonds. The van der Waals surface area contributed by atoms with Gasteiger partial charge >= 0.3 is 0 Å².